The van der Waals surface area contributed by atoms with Crippen molar-refractivity contribution in [2.75, 3.05) is 0 Å². The maximum Gasteiger partial charge on any atom is 0.310 e. The summed E-state index contributed by atoms with van der Waals surface area (Å²) < 4.78 is 7.66. The third kappa shape index (κ3) is 4.09. The second-order valence-electron chi connectivity index (χ2n) is 6.61. The maximum atomic E-state index is 12.4. The van der Waals surface area contributed by atoms with E-state index in [1.165, 1.54) is 5.56 Å². The molecule has 0 aliphatic heterocycles. The Morgan fingerprint density at radius 1 is 0.778 bits per heavy atom. The largest absolute Gasteiger partial charge is 0.461 e. The minimum atomic E-state index is -0.207. The molecule has 0 aliphatic carbocycles. The molecule has 3 nitrogen and oxygen atoms in total. The molecule has 0 radical (unpaired) electrons. The minimum absolute atomic E-state index is 0.207. The Balaban J connectivity index is 1.52. The lowest BCUT2D eigenvalue weighted by molar-refractivity contribution is -0.144. The van der Waals surface area contributed by atoms with Crippen LogP contribution in [0.15, 0.2) is 91.1 Å². The molecule has 1 aromatic heterocycles. The number of fused-ring (bicyclic) bond motifs is 1. The average Bonchev–Trinajstić information content (AvgIpc) is 3.05. The Labute approximate surface area is 158 Å². The number of hydrogen-bond donors (Lipinski definition) is 0. The van der Waals surface area contributed by atoms with E-state index in [0.717, 1.165) is 28.6 Å². The Kier molecular flexibility index (Phi) is 5.01. The predicted octanol–water partition coefficient (Wildman–Crippen LogP) is 4.98. The van der Waals surface area contributed by atoms with Crippen LogP contribution in [-0.2, 0) is 29.1 Å². The third-order valence-electron chi connectivity index (χ3n) is 4.64. The van der Waals surface area contributed by atoms with Gasteiger partial charge in [-0.05, 0) is 22.8 Å². The summed E-state index contributed by atoms with van der Waals surface area (Å²) in [5.74, 6) is -0.207. The number of carbonyl (C=O) groups is 1. The molecule has 0 bridgehead atoms. The number of benzene rings is 3. The number of nitrogens with zero attached hydrogens (tertiary/aromatic N) is 1. The van der Waals surface area contributed by atoms with E-state index in [1.807, 2.05) is 60.7 Å². The van der Waals surface area contributed by atoms with Crippen molar-refractivity contribution in [3.63, 3.8) is 0 Å². The fourth-order valence-electron chi connectivity index (χ4n) is 3.32. The molecule has 0 saturated heterocycles. The number of hydrogen-bond acceptors (Lipinski definition) is 2. The topological polar surface area (TPSA) is 31.2 Å². The molecule has 4 aromatic rings. The molecule has 0 spiro atoms. The van der Waals surface area contributed by atoms with Crippen LogP contribution >= 0.6 is 0 Å². The summed E-state index contributed by atoms with van der Waals surface area (Å²) in [6.45, 7) is 1.09. The quantitative estimate of drug-likeness (QED) is 0.457. The van der Waals surface area contributed by atoms with Crippen LogP contribution < -0.4 is 0 Å². The van der Waals surface area contributed by atoms with Gasteiger partial charge in [-0.15, -0.1) is 0 Å². The summed E-state index contributed by atoms with van der Waals surface area (Å²) in [7, 11) is 0. The monoisotopic (exact) mass is 355 g/mol. The van der Waals surface area contributed by atoms with E-state index in [4.69, 9.17) is 4.74 Å². The van der Waals surface area contributed by atoms with E-state index in [-0.39, 0.29) is 12.4 Å². The standard InChI is InChI=1S/C24H21NO2/c26-24(27-18-20-11-5-2-6-12-20)15-21-17-25(16-19-9-3-1-4-10-19)23-14-8-7-13-22(21)23/h1-14,17H,15-16,18H2. The highest BCUT2D eigenvalue weighted by molar-refractivity contribution is 5.88. The van der Waals surface area contributed by atoms with Gasteiger partial charge in [0.2, 0.25) is 0 Å². The lowest BCUT2D eigenvalue weighted by Gasteiger charge is -2.05. The van der Waals surface area contributed by atoms with E-state index in [1.54, 1.807) is 0 Å². The normalized spacial score (nSPS) is 10.8. The molecule has 0 amide bonds. The van der Waals surface area contributed by atoms with Crippen molar-refractivity contribution < 1.29 is 9.53 Å². The summed E-state index contributed by atoms with van der Waals surface area (Å²) in [5, 5.41) is 1.10. The van der Waals surface area contributed by atoms with Crippen molar-refractivity contribution in [1.29, 1.82) is 0 Å². The molecular formula is C24H21NO2. The first-order chi connectivity index (χ1) is 13.3. The summed E-state index contributed by atoms with van der Waals surface area (Å²) in [6, 6.07) is 28.3. The van der Waals surface area contributed by atoms with E-state index in [2.05, 4.69) is 35.0 Å². The van der Waals surface area contributed by atoms with Crippen LogP contribution in [0.1, 0.15) is 16.7 Å². The summed E-state index contributed by atoms with van der Waals surface area (Å²) in [5.41, 5.74) is 4.36. The first-order valence-electron chi connectivity index (χ1n) is 9.10. The van der Waals surface area contributed by atoms with Gasteiger partial charge >= 0.3 is 5.97 Å². The van der Waals surface area contributed by atoms with Crippen molar-refractivity contribution in [1.82, 2.24) is 4.57 Å². The number of rotatable bonds is 6. The Morgan fingerprint density at radius 3 is 2.15 bits per heavy atom. The van der Waals surface area contributed by atoms with Gasteiger partial charge in [0.05, 0.1) is 6.42 Å². The van der Waals surface area contributed by atoms with Crippen molar-refractivity contribution >= 4 is 16.9 Å². The highest BCUT2D eigenvalue weighted by Gasteiger charge is 2.13. The molecule has 134 valence electrons. The molecular weight excluding hydrogens is 334 g/mol. The number of aromatic nitrogens is 1. The van der Waals surface area contributed by atoms with Crippen molar-refractivity contribution in [2.24, 2.45) is 0 Å². The molecule has 3 heteroatoms. The van der Waals surface area contributed by atoms with Gasteiger partial charge in [-0.25, -0.2) is 0 Å². The molecule has 27 heavy (non-hydrogen) atoms. The van der Waals surface area contributed by atoms with Gasteiger partial charge in [-0.2, -0.15) is 0 Å². The fraction of sp³-hybridized carbons (Fsp3) is 0.125. The van der Waals surface area contributed by atoms with Gasteiger partial charge < -0.3 is 9.30 Å². The maximum absolute atomic E-state index is 12.4. The van der Waals surface area contributed by atoms with Crippen LogP contribution in [0.2, 0.25) is 0 Å². The van der Waals surface area contributed by atoms with Gasteiger partial charge in [0.25, 0.3) is 0 Å². The molecule has 0 fully saturated rings. The molecule has 4 rings (SSSR count). The van der Waals surface area contributed by atoms with E-state index in [0.29, 0.717) is 6.61 Å². The van der Waals surface area contributed by atoms with Crippen LogP contribution in [0, 0.1) is 0 Å². The molecule has 0 N–H and O–H groups in total. The Morgan fingerprint density at radius 2 is 1.41 bits per heavy atom. The highest BCUT2D eigenvalue weighted by Crippen LogP contribution is 2.23. The van der Waals surface area contributed by atoms with Crippen LogP contribution in [-0.4, -0.2) is 10.5 Å². The van der Waals surface area contributed by atoms with E-state index >= 15 is 0 Å². The van der Waals surface area contributed by atoms with Crippen LogP contribution in [0.3, 0.4) is 0 Å². The van der Waals surface area contributed by atoms with Gasteiger partial charge in [-0.3, -0.25) is 4.79 Å². The molecule has 3 aromatic carbocycles. The summed E-state index contributed by atoms with van der Waals surface area (Å²) >= 11 is 0. The SMILES string of the molecule is O=C(Cc1cn(Cc2ccccc2)c2ccccc12)OCc1ccccc1. The second kappa shape index (κ2) is 7.92. The summed E-state index contributed by atoms with van der Waals surface area (Å²) in [4.78, 5) is 12.4. The number of ether oxygens (including phenoxy) is 1. The zero-order chi connectivity index (χ0) is 18.5. The van der Waals surface area contributed by atoms with Gasteiger partial charge in [0.1, 0.15) is 6.61 Å². The molecule has 0 aliphatic rings. The molecule has 0 saturated carbocycles. The lowest BCUT2D eigenvalue weighted by Crippen LogP contribution is -2.07. The molecule has 0 atom stereocenters. The zero-order valence-electron chi connectivity index (χ0n) is 15.0. The number of carbonyl (C=O) groups excluding carboxylic acids is 1. The van der Waals surface area contributed by atoms with Crippen LogP contribution in [0.25, 0.3) is 10.9 Å². The lowest BCUT2D eigenvalue weighted by atomic mass is 10.1. The smallest absolute Gasteiger partial charge is 0.310 e. The number of para-hydroxylation sites is 1. The summed E-state index contributed by atoms with van der Waals surface area (Å²) in [6.07, 6.45) is 2.34. The third-order valence-corrected chi connectivity index (χ3v) is 4.64. The average molecular weight is 355 g/mol. The van der Waals surface area contributed by atoms with Crippen LogP contribution in [0.4, 0.5) is 0 Å². The van der Waals surface area contributed by atoms with Gasteiger partial charge in [0.15, 0.2) is 0 Å². The van der Waals surface area contributed by atoms with Crippen molar-refractivity contribution in [2.45, 2.75) is 19.6 Å². The van der Waals surface area contributed by atoms with E-state index < -0.39 is 0 Å². The number of esters is 1. The first kappa shape index (κ1) is 17.1. The van der Waals surface area contributed by atoms with Crippen molar-refractivity contribution in [3.8, 4) is 0 Å². The molecule has 0 unspecified atom stereocenters. The zero-order valence-corrected chi connectivity index (χ0v) is 15.0. The second-order valence-corrected chi connectivity index (χ2v) is 6.61. The molecule has 1 heterocycles. The predicted molar refractivity (Wildman–Crippen MR) is 107 cm³/mol. The van der Waals surface area contributed by atoms with Crippen LogP contribution in [0.5, 0.6) is 0 Å². The first-order valence-corrected chi connectivity index (χ1v) is 9.10. The highest BCUT2D eigenvalue weighted by atomic mass is 16.5. The fourth-order valence-corrected chi connectivity index (χ4v) is 3.32. The minimum Gasteiger partial charge on any atom is -0.461 e. The Hall–Kier alpha value is -3.33. The Bertz CT molecular complexity index is 1040. The van der Waals surface area contributed by atoms with Crippen molar-refractivity contribution in [3.05, 3.63) is 108 Å². The van der Waals surface area contributed by atoms with Gasteiger partial charge in [0, 0.05) is 23.6 Å². The van der Waals surface area contributed by atoms with E-state index in [9.17, 15) is 4.79 Å². The van der Waals surface area contributed by atoms with Gasteiger partial charge in [-0.1, -0.05) is 78.9 Å².